The van der Waals surface area contributed by atoms with Crippen LogP contribution in [0.15, 0.2) is 42.5 Å². The first kappa shape index (κ1) is 12.1. The molecule has 0 aliphatic carbocycles. The summed E-state index contributed by atoms with van der Waals surface area (Å²) in [6, 6.07) is 14.8. The van der Waals surface area contributed by atoms with Gasteiger partial charge in [0.2, 0.25) is 0 Å². The monoisotopic (exact) mass is 253 g/mol. The lowest BCUT2D eigenvalue weighted by atomic mass is 10.0. The molecule has 1 aliphatic heterocycles. The van der Waals surface area contributed by atoms with Crippen molar-refractivity contribution in [3.8, 4) is 5.75 Å². The molecule has 0 atom stereocenters. The van der Waals surface area contributed by atoms with E-state index in [9.17, 15) is 0 Å². The predicted molar refractivity (Wildman–Crippen MR) is 78.8 cm³/mol. The van der Waals surface area contributed by atoms with E-state index in [2.05, 4.69) is 48.6 Å². The molecule has 0 saturated carbocycles. The molecule has 2 aromatic carbocycles. The van der Waals surface area contributed by atoms with Gasteiger partial charge >= 0.3 is 0 Å². The van der Waals surface area contributed by atoms with E-state index in [0.29, 0.717) is 6.61 Å². The number of hydrogen-bond donors (Lipinski definition) is 1. The normalized spacial score (nSPS) is 13.5. The van der Waals surface area contributed by atoms with E-state index < -0.39 is 0 Å². The van der Waals surface area contributed by atoms with E-state index in [1.165, 1.54) is 28.8 Å². The quantitative estimate of drug-likeness (QED) is 0.894. The third kappa shape index (κ3) is 2.73. The molecule has 2 heteroatoms. The number of anilines is 1. The summed E-state index contributed by atoms with van der Waals surface area (Å²) >= 11 is 0. The summed E-state index contributed by atoms with van der Waals surface area (Å²) in [4.78, 5) is 0. The highest BCUT2D eigenvalue weighted by Crippen LogP contribution is 2.32. The van der Waals surface area contributed by atoms with Crippen molar-refractivity contribution in [1.29, 1.82) is 0 Å². The average molecular weight is 253 g/mol. The van der Waals surface area contributed by atoms with E-state index in [-0.39, 0.29) is 0 Å². The number of ether oxygens (including phenoxy) is 1. The number of aryl methyl sites for hydroxylation is 2. The minimum Gasteiger partial charge on any atom is -0.487 e. The minimum atomic E-state index is 0.623. The molecular weight excluding hydrogens is 234 g/mol. The Balaban J connectivity index is 1.75. The highest BCUT2D eigenvalue weighted by molar-refractivity contribution is 5.63. The van der Waals surface area contributed by atoms with Gasteiger partial charge in [-0.05, 0) is 37.0 Å². The van der Waals surface area contributed by atoms with Gasteiger partial charge in [0.15, 0.2) is 0 Å². The summed E-state index contributed by atoms with van der Waals surface area (Å²) in [5, 5.41) is 3.45. The molecule has 0 amide bonds. The number of benzene rings is 2. The summed E-state index contributed by atoms with van der Waals surface area (Å²) in [5.74, 6) is 0.970. The van der Waals surface area contributed by atoms with E-state index in [4.69, 9.17) is 4.74 Å². The van der Waals surface area contributed by atoms with Crippen LogP contribution in [-0.4, -0.2) is 6.54 Å². The number of fused-ring (bicyclic) bond motifs is 1. The first-order chi connectivity index (χ1) is 9.33. The predicted octanol–water partition coefficient (Wildman–Crippen LogP) is 3.93. The Morgan fingerprint density at radius 2 is 1.95 bits per heavy atom. The molecule has 0 radical (unpaired) electrons. The molecule has 0 fully saturated rings. The van der Waals surface area contributed by atoms with Gasteiger partial charge in [-0.2, -0.15) is 0 Å². The molecule has 1 N–H and O–H groups in total. The van der Waals surface area contributed by atoms with Crippen LogP contribution in [0.2, 0.25) is 0 Å². The molecule has 3 rings (SSSR count). The summed E-state index contributed by atoms with van der Waals surface area (Å²) in [7, 11) is 0. The molecule has 19 heavy (non-hydrogen) atoms. The Labute approximate surface area is 114 Å². The largest absolute Gasteiger partial charge is 0.487 e. The summed E-state index contributed by atoms with van der Waals surface area (Å²) in [6.45, 7) is 3.76. The van der Waals surface area contributed by atoms with Gasteiger partial charge in [0.25, 0.3) is 0 Å². The molecule has 2 nitrogen and oxygen atoms in total. The number of hydrogen-bond acceptors (Lipinski definition) is 2. The Bertz CT molecular complexity index is 560. The highest BCUT2D eigenvalue weighted by atomic mass is 16.5. The third-order valence-corrected chi connectivity index (χ3v) is 3.55. The van der Waals surface area contributed by atoms with Gasteiger partial charge in [0, 0.05) is 6.54 Å². The van der Waals surface area contributed by atoms with Crippen LogP contribution in [0.4, 0.5) is 5.69 Å². The smallest absolute Gasteiger partial charge is 0.143 e. The fourth-order valence-corrected chi connectivity index (χ4v) is 2.44. The third-order valence-electron chi connectivity index (χ3n) is 3.55. The SMILES string of the molecule is Cc1ccc(COc2cccc3c2NCCC3)cc1. The van der Waals surface area contributed by atoms with Crippen LogP contribution in [-0.2, 0) is 13.0 Å². The van der Waals surface area contributed by atoms with Gasteiger partial charge in [0.1, 0.15) is 12.4 Å². The number of nitrogens with one attached hydrogen (secondary N) is 1. The second-order valence-corrected chi connectivity index (χ2v) is 5.09. The topological polar surface area (TPSA) is 21.3 Å². The van der Waals surface area contributed by atoms with E-state index >= 15 is 0 Å². The lowest BCUT2D eigenvalue weighted by Gasteiger charge is -2.21. The van der Waals surface area contributed by atoms with Crippen molar-refractivity contribution in [1.82, 2.24) is 0 Å². The summed E-state index contributed by atoms with van der Waals surface area (Å²) in [5.41, 5.74) is 5.04. The molecule has 0 unspecified atom stereocenters. The second kappa shape index (κ2) is 5.35. The van der Waals surface area contributed by atoms with E-state index in [0.717, 1.165) is 18.7 Å². The van der Waals surface area contributed by atoms with E-state index in [1.54, 1.807) is 0 Å². The molecule has 1 aliphatic rings. The van der Waals surface area contributed by atoms with Crippen LogP contribution in [0.5, 0.6) is 5.75 Å². The Morgan fingerprint density at radius 3 is 2.79 bits per heavy atom. The van der Waals surface area contributed by atoms with Crippen molar-refractivity contribution < 1.29 is 4.74 Å². The van der Waals surface area contributed by atoms with Crippen molar-refractivity contribution >= 4 is 5.69 Å². The minimum absolute atomic E-state index is 0.623. The lowest BCUT2D eigenvalue weighted by molar-refractivity contribution is 0.307. The molecule has 2 aromatic rings. The maximum atomic E-state index is 5.97. The average Bonchev–Trinajstić information content (AvgIpc) is 2.47. The second-order valence-electron chi connectivity index (χ2n) is 5.09. The number of para-hydroxylation sites is 1. The van der Waals surface area contributed by atoms with Crippen molar-refractivity contribution in [2.75, 3.05) is 11.9 Å². The van der Waals surface area contributed by atoms with Crippen LogP contribution in [0.1, 0.15) is 23.1 Å². The van der Waals surface area contributed by atoms with Crippen LogP contribution >= 0.6 is 0 Å². The fraction of sp³-hybridized carbons (Fsp3) is 0.294. The molecule has 1 heterocycles. The van der Waals surface area contributed by atoms with Crippen molar-refractivity contribution in [2.45, 2.75) is 26.4 Å². The van der Waals surface area contributed by atoms with Gasteiger partial charge in [-0.15, -0.1) is 0 Å². The first-order valence-corrected chi connectivity index (χ1v) is 6.87. The maximum absolute atomic E-state index is 5.97. The zero-order chi connectivity index (χ0) is 13.1. The van der Waals surface area contributed by atoms with Crippen LogP contribution < -0.4 is 10.1 Å². The fourth-order valence-electron chi connectivity index (χ4n) is 2.44. The van der Waals surface area contributed by atoms with Gasteiger partial charge in [-0.25, -0.2) is 0 Å². The van der Waals surface area contributed by atoms with Crippen molar-refractivity contribution in [3.05, 3.63) is 59.2 Å². The molecule has 0 aromatic heterocycles. The Morgan fingerprint density at radius 1 is 1.11 bits per heavy atom. The van der Waals surface area contributed by atoms with Crippen LogP contribution in [0.25, 0.3) is 0 Å². The van der Waals surface area contributed by atoms with Gasteiger partial charge in [-0.1, -0.05) is 42.0 Å². The zero-order valence-electron chi connectivity index (χ0n) is 11.3. The maximum Gasteiger partial charge on any atom is 0.143 e. The number of rotatable bonds is 3. The molecule has 0 spiro atoms. The molecule has 0 saturated heterocycles. The Kier molecular flexibility index (Phi) is 3.41. The van der Waals surface area contributed by atoms with Crippen molar-refractivity contribution in [3.63, 3.8) is 0 Å². The summed E-state index contributed by atoms with van der Waals surface area (Å²) < 4.78 is 5.97. The van der Waals surface area contributed by atoms with Crippen LogP contribution in [0.3, 0.4) is 0 Å². The lowest BCUT2D eigenvalue weighted by Crippen LogP contribution is -2.13. The van der Waals surface area contributed by atoms with Gasteiger partial charge in [-0.3, -0.25) is 0 Å². The standard InChI is InChI=1S/C17H19NO/c1-13-7-9-14(10-8-13)12-19-16-6-2-4-15-5-3-11-18-17(15)16/h2,4,6-10,18H,3,5,11-12H2,1H3. The Hall–Kier alpha value is -1.96. The van der Waals surface area contributed by atoms with Crippen LogP contribution in [0, 0.1) is 6.92 Å². The molecule has 0 bridgehead atoms. The zero-order valence-corrected chi connectivity index (χ0v) is 11.3. The first-order valence-electron chi connectivity index (χ1n) is 6.87. The van der Waals surface area contributed by atoms with Gasteiger partial charge < -0.3 is 10.1 Å². The highest BCUT2D eigenvalue weighted by Gasteiger charge is 2.13. The van der Waals surface area contributed by atoms with E-state index in [1.807, 2.05) is 6.07 Å². The van der Waals surface area contributed by atoms with Crippen molar-refractivity contribution in [2.24, 2.45) is 0 Å². The molecule has 98 valence electrons. The van der Waals surface area contributed by atoms with Gasteiger partial charge in [0.05, 0.1) is 5.69 Å². The molecular formula is C17H19NO. The summed E-state index contributed by atoms with van der Waals surface area (Å²) in [6.07, 6.45) is 2.35.